The monoisotopic (exact) mass is 334 g/mol. The molecule has 2 heterocycles. The molecule has 1 atom stereocenters. The molecule has 0 amide bonds. The zero-order chi connectivity index (χ0) is 16.6. The molecule has 0 aliphatic heterocycles. The second-order valence-electron chi connectivity index (χ2n) is 5.62. The van der Waals surface area contributed by atoms with Gasteiger partial charge in [-0.3, -0.25) is 0 Å². The molecule has 0 saturated carbocycles. The number of hydrogen-bond donors (Lipinski definition) is 1. The van der Waals surface area contributed by atoms with Gasteiger partial charge in [-0.15, -0.1) is 0 Å². The van der Waals surface area contributed by atoms with Gasteiger partial charge in [-0.05, 0) is 39.3 Å². The van der Waals surface area contributed by atoms with Crippen molar-refractivity contribution in [2.45, 2.75) is 38.1 Å². The topological polar surface area (TPSA) is 85.3 Å². The number of nitrogens with one attached hydrogen (secondary N) is 1. The third kappa shape index (κ3) is 3.02. The number of fused-ring (bicyclic) bond motifs is 1. The minimum atomic E-state index is -3.68. The average Bonchev–Trinajstić information content (AvgIpc) is 3.08. The summed E-state index contributed by atoms with van der Waals surface area (Å²) in [5.41, 5.74) is 2.07. The minimum Gasteiger partial charge on any atom is -0.463 e. The molecule has 0 aliphatic rings. The fraction of sp³-hybridized carbons (Fsp3) is 0.312. The molecule has 0 saturated heterocycles. The van der Waals surface area contributed by atoms with E-state index in [9.17, 15) is 8.42 Å². The third-order valence-corrected chi connectivity index (χ3v) is 5.39. The lowest BCUT2D eigenvalue weighted by Crippen LogP contribution is -2.34. The summed E-state index contributed by atoms with van der Waals surface area (Å²) in [6, 6.07) is 6.48. The molecular formula is C16H18N2O4S. The van der Waals surface area contributed by atoms with E-state index in [1.807, 2.05) is 26.8 Å². The van der Waals surface area contributed by atoms with Crippen molar-refractivity contribution in [1.82, 2.24) is 9.88 Å². The van der Waals surface area contributed by atoms with Gasteiger partial charge in [0.1, 0.15) is 10.7 Å². The van der Waals surface area contributed by atoms with Crippen molar-refractivity contribution in [1.29, 1.82) is 0 Å². The normalized spacial score (nSPS) is 13.5. The highest BCUT2D eigenvalue weighted by Crippen LogP contribution is 2.24. The van der Waals surface area contributed by atoms with Crippen LogP contribution in [0.25, 0.3) is 11.0 Å². The first-order valence-electron chi connectivity index (χ1n) is 7.29. The van der Waals surface area contributed by atoms with E-state index in [1.54, 1.807) is 12.1 Å². The van der Waals surface area contributed by atoms with E-state index >= 15 is 0 Å². The molecule has 2 aromatic heterocycles. The number of sulfonamides is 1. The van der Waals surface area contributed by atoms with Crippen LogP contribution in [0.1, 0.15) is 23.9 Å². The lowest BCUT2D eigenvalue weighted by atomic mass is 10.1. The summed E-state index contributed by atoms with van der Waals surface area (Å²) < 4.78 is 38.4. The molecule has 0 aliphatic carbocycles. The molecule has 0 bridgehead atoms. The van der Waals surface area contributed by atoms with Crippen molar-refractivity contribution in [2.75, 3.05) is 0 Å². The first-order chi connectivity index (χ1) is 10.9. The quantitative estimate of drug-likeness (QED) is 0.775. The first-order valence-corrected chi connectivity index (χ1v) is 8.77. The van der Waals surface area contributed by atoms with Crippen molar-refractivity contribution >= 4 is 21.0 Å². The van der Waals surface area contributed by atoms with Gasteiger partial charge in [-0.2, -0.15) is 0 Å². The number of furan rings is 1. The Morgan fingerprint density at radius 2 is 2.04 bits per heavy atom. The molecule has 6 nitrogen and oxygen atoms in total. The van der Waals surface area contributed by atoms with E-state index < -0.39 is 10.0 Å². The zero-order valence-electron chi connectivity index (χ0n) is 13.2. The number of aromatic nitrogens is 1. The van der Waals surface area contributed by atoms with Crippen molar-refractivity contribution in [2.24, 2.45) is 0 Å². The SMILES string of the molecule is Cc1noc(C)c1CC(C)NS(=O)(=O)c1cccc2ccoc12. The van der Waals surface area contributed by atoms with Crippen molar-refractivity contribution < 1.29 is 17.4 Å². The maximum Gasteiger partial charge on any atom is 0.244 e. The van der Waals surface area contributed by atoms with Crippen LogP contribution in [0.3, 0.4) is 0 Å². The Hall–Kier alpha value is -2.12. The van der Waals surface area contributed by atoms with Crippen molar-refractivity contribution in [3.05, 3.63) is 47.5 Å². The van der Waals surface area contributed by atoms with E-state index in [2.05, 4.69) is 9.88 Å². The fourth-order valence-corrected chi connectivity index (χ4v) is 4.05. The van der Waals surface area contributed by atoms with Crippen molar-refractivity contribution in [3.8, 4) is 0 Å². The minimum absolute atomic E-state index is 0.144. The summed E-state index contributed by atoms with van der Waals surface area (Å²) >= 11 is 0. The fourth-order valence-electron chi connectivity index (χ4n) is 2.65. The summed E-state index contributed by atoms with van der Waals surface area (Å²) in [5, 5.41) is 4.65. The van der Waals surface area contributed by atoms with Crippen LogP contribution in [0.5, 0.6) is 0 Å². The molecule has 7 heteroatoms. The van der Waals surface area contributed by atoms with Gasteiger partial charge in [0.05, 0.1) is 12.0 Å². The van der Waals surface area contributed by atoms with Gasteiger partial charge in [-0.1, -0.05) is 17.3 Å². The third-order valence-electron chi connectivity index (χ3n) is 3.78. The van der Waals surface area contributed by atoms with Gasteiger partial charge in [-0.25, -0.2) is 13.1 Å². The van der Waals surface area contributed by atoms with Crippen LogP contribution in [-0.2, 0) is 16.4 Å². The number of nitrogens with zero attached hydrogens (tertiary/aromatic N) is 1. The Bertz CT molecular complexity index is 921. The van der Waals surface area contributed by atoms with Crippen LogP contribution < -0.4 is 4.72 Å². The van der Waals surface area contributed by atoms with E-state index in [0.717, 1.165) is 16.6 Å². The van der Waals surface area contributed by atoms with E-state index in [-0.39, 0.29) is 10.9 Å². The molecule has 0 spiro atoms. The molecule has 3 aromatic rings. The van der Waals surface area contributed by atoms with E-state index in [4.69, 9.17) is 8.94 Å². The Morgan fingerprint density at radius 3 is 2.74 bits per heavy atom. The van der Waals surface area contributed by atoms with E-state index in [0.29, 0.717) is 17.8 Å². The van der Waals surface area contributed by atoms with Crippen LogP contribution in [0.4, 0.5) is 0 Å². The molecule has 3 rings (SSSR count). The summed E-state index contributed by atoms with van der Waals surface area (Å²) in [4.78, 5) is 0.144. The van der Waals surface area contributed by atoms with Crippen molar-refractivity contribution in [3.63, 3.8) is 0 Å². The van der Waals surface area contributed by atoms with Gasteiger partial charge < -0.3 is 8.94 Å². The molecule has 1 N–H and O–H groups in total. The maximum atomic E-state index is 12.6. The number of para-hydroxylation sites is 1. The molecule has 122 valence electrons. The van der Waals surface area contributed by atoms with Gasteiger partial charge in [0.25, 0.3) is 0 Å². The summed E-state index contributed by atoms with van der Waals surface area (Å²) in [5.74, 6) is 0.710. The van der Waals surface area contributed by atoms with Gasteiger partial charge in [0, 0.05) is 17.0 Å². The smallest absolute Gasteiger partial charge is 0.244 e. The number of hydrogen-bond acceptors (Lipinski definition) is 5. The summed E-state index contributed by atoms with van der Waals surface area (Å²) in [7, 11) is -3.68. The Morgan fingerprint density at radius 1 is 1.26 bits per heavy atom. The highest BCUT2D eigenvalue weighted by molar-refractivity contribution is 7.89. The molecular weight excluding hydrogens is 316 g/mol. The molecule has 1 aromatic carbocycles. The summed E-state index contributed by atoms with van der Waals surface area (Å²) in [6.45, 7) is 5.47. The number of benzene rings is 1. The maximum absolute atomic E-state index is 12.6. The average molecular weight is 334 g/mol. The second-order valence-corrected chi connectivity index (χ2v) is 7.31. The molecule has 0 fully saturated rings. The second kappa shape index (κ2) is 5.82. The number of aryl methyl sites for hydroxylation is 2. The standard InChI is InChI=1S/C16H18N2O4S/c1-10(9-14-11(2)17-22-12(14)3)18-23(19,20)15-6-4-5-13-7-8-21-16(13)15/h4-8,10,18H,9H2,1-3H3. The molecule has 1 unspecified atom stereocenters. The highest BCUT2D eigenvalue weighted by atomic mass is 32.2. The number of rotatable bonds is 5. The predicted octanol–water partition coefficient (Wildman–Crippen LogP) is 2.95. The van der Waals surface area contributed by atoms with E-state index in [1.165, 1.54) is 12.3 Å². The Labute approximate surface area is 134 Å². The van der Waals surface area contributed by atoms with Crippen LogP contribution in [0, 0.1) is 13.8 Å². The predicted molar refractivity (Wildman–Crippen MR) is 85.7 cm³/mol. The Balaban J connectivity index is 1.85. The largest absolute Gasteiger partial charge is 0.463 e. The zero-order valence-corrected chi connectivity index (χ0v) is 14.0. The molecule has 23 heavy (non-hydrogen) atoms. The Kier molecular flexibility index (Phi) is 3.99. The lowest BCUT2D eigenvalue weighted by Gasteiger charge is -2.14. The summed E-state index contributed by atoms with van der Waals surface area (Å²) in [6.07, 6.45) is 1.99. The lowest BCUT2D eigenvalue weighted by molar-refractivity contribution is 0.392. The van der Waals surface area contributed by atoms with Crippen LogP contribution in [-0.4, -0.2) is 19.6 Å². The highest BCUT2D eigenvalue weighted by Gasteiger charge is 2.23. The van der Waals surface area contributed by atoms with Crippen LogP contribution in [0.2, 0.25) is 0 Å². The van der Waals surface area contributed by atoms with Gasteiger partial charge in [0.15, 0.2) is 5.58 Å². The van der Waals surface area contributed by atoms with Crippen LogP contribution in [0.15, 0.2) is 44.4 Å². The van der Waals surface area contributed by atoms with Gasteiger partial charge >= 0.3 is 0 Å². The van der Waals surface area contributed by atoms with Gasteiger partial charge in [0.2, 0.25) is 10.0 Å². The van der Waals surface area contributed by atoms with Crippen LogP contribution >= 0.6 is 0 Å². The first kappa shape index (κ1) is 15.8. The molecule has 0 radical (unpaired) electrons.